The Morgan fingerprint density at radius 1 is 1.13 bits per heavy atom. The standard InChI is InChI=1S/C16H12F2N4O/c17-10-2-3-11(12(18)8-10)16(4-1-5-16)15-21-14(22-23-15)13-9-19-6-7-20-13/h2-3,6-9H,1,4-5H2. The van der Waals surface area contributed by atoms with Crippen molar-refractivity contribution in [2.45, 2.75) is 24.7 Å². The summed E-state index contributed by atoms with van der Waals surface area (Å²) in [7, 11) is 0. The van der Waals surface area contributed by atoms with Gasteiger partial charge in [-0.3, -0.25) is 4.98 Å². The topological polar surface area (TPSA) is 64.7 Å². The minimum absolute atomic E-state index is 0.307. The maximum Gasteiger partial charge on any atom is 0.237 e. The lowest BCUT2D eigenvalue weighted by Gasteiger charge is -2.38. The summed E-state index contributed by atoms with van der Waals surface area (Å²) in [4.78, 5) is 12.5. The Balaban J connectivity index is 1.77. The molecule has 0 radical (unpaired) electrons. The van der Waals surface area contributed by atoms with Crippen LogP contribution in [0.5, 0.6) is 0 Å². The zero-order valence-electron chi connectivity index (χ0n) is 12.0. The van der Waals surface area contributed by atoms with Crippen LogP contribution in [0.1, 0.15) is 30.7 Å². The molecule has 1 aliphatic rings. The van der Waals surface area contributed by atoms with E-state index in [1.54, 1.807) is 6.20 Å². The first-order chi connectivity index (χ1) is 11.2. The molecule has 1 fully saturated rings. The van der Waals surface area contributed by atoms with Crippen molar-refractivity contribution < 1.29 is 13.3 Å². The van der Waals surface area contributed by atoms with Crippen molar-refractivity contribution in [3.05, 3.63) is 59.9 Å². The van der Waals surface area contributed by atoms with Gasteiger partial charge in [0.15, 0.2) is 0 Å². The van der Waals surface area contributed by atoms with Crippen LogP contribution in [0.25, 0.3) is 11.5 Å². The molecular weight excluding hydrogens is 302 g/mol. The van der Waals surface area contributed by atoms with Gasteiger partial charge in [-0.1, -0.05) is 17.6 Å². The summed E-state index contributed by atoms with van der Waals surface area (Å²) in [6.07, 6.45) is 6.88. The normalized spacial score (nSPS) is 16.1. The quantitative estimate of drug-likeness (QED) is 0.742. The Hall–Kier alpha value is -2.70. The van der Waals surface area contributed by atoms with Crippen molar-refractivity contribution in [3.63, 3.8) is 0 Å². The molecule has 2 aromatic heterocycles. The number of hydrogen-bond donors (Lipinski definition) is 0. The summed E-state index contributed by atoms with van der Waals surface area (Å²) in [5.41, 5.74) is 0.182. The van der Waals surface area contributed by atoms with E-state index in [9.17, 15) is 8.78 Å². The van der Waals surface area contributed by atoms with Crippen LogP contribution in [0.2, 0.25) is 0 Å². The fourth-order valence-corrected chi connectivity index (χ4v) is 2.94. The van der Waals surface area contributed by atoms with Crippen LogP contribution in [0.3, 0.4) is 0 Å². The molecule has 2 heterocycles. The molecule has 0 unspecified atom stereocenters. The largest absolute Gasteiger partial charge is 0.338 e. The first-order valence-corrected chi connectivity index (χ1v) is 7.25. The van der Waals surface area contributed by atoms with Crippen molar-refractivity contribution in [2.24, 2.45) is 0 Å². The second-order valence-electron chi connectivity index (χ2n) is 5.57. The molecule has 0 spiro atoms. The number of halogens is 2. The fraction of sp³-hybridized carbons (Fsp3) is 0.250. The van der Waals surface area contributed by atoms with Gasteiger partial charge in [-0.25, -0.2) is 13.8 Å². The Bertz CT molecular complexity index is 846. The Morgan fingerprint density at radius 3 is 2.65 bits per heavy atom. The van der Waals surface area contributed by atoms with Crippen LogP contribution < -0.4 is 0 Å². The average molecular weight is 314 g/mol. The minimum atomic E-state index is -0.689. The third-order valence-corrected chi connectivity index (χ3v) is 4.28. The summed E-state index contributed by atoms with van der Waals surface area (Å²) < 4.78 is 32.8. The van der Waals surface area contributed by atoms with E-state index in [1.165, 1.54) is 24.5 Å². The highest BCUT2D eigenvalue weighted by Crippen LogP contribution is 2.49. The van der Waals surface area contributed by atoms with Crippen LogP contribution in [0.15, 0.2) is 41.3 Å². The summed E-state index contributed by atoms with van der Waals surface area (Å²) in [5, 5.41) is 3.92. The summed E-state index contributed by atoms with van der Waals surface area (Å²) in [6.45, 7) is 0. The first kappa shape index (κ1) is 13.9. The van der Waals surface area contributed by atoms with E-state index in [1.807, 2.05) is 0 Å². The smallest absolute Gasteiger partial charge is 0.237 e. The lowest BCUT2D eigenvalue weighted by atomic mass is 9.64. The molecule has 0 atom stereocenters. The van der Waals surface area contributed by atoms with E-state index < -0.39 is 17.0 Å². The molecule has 23 heavy (non-hydrogen) atoms. The van der Waals surface area contributed by atoms with Crippen molar-refractivity contribution in [2.75, 3.05) is 0 Å². The summed E-state index contributed by atoms with van der Waals surface area (Å²) in [5.74, 6) is -0.563. The molecule has 1 saturated carbocycles. The van der Waals surface area contributed by atoms with E-state index in [4.69, 9.17) is 4.52 Å². The van der Waals surface area contributed by atoms with Gasteiger partial charge >= 0.3 is 0 Å². The zero-order chi connectivity index (χ0) is 15.9. The van der Waals surface area contributed by atoms with E-state index in [0.717, 1.165) is 12.5 Å². The summed E-state index contributed by atoms with van der Waals surface area (Å²) in [6, 6.07) is 3.59. The van der Waals surface area contributed by atoms with Crippen molar-refractivity contribution in [1.29, 1.82) is 0 Å². The number of hydrogen-bond acceptors (Lipinski definition) is 5. The van der Waals surface area contributed by atoms with Gasteiger partial charge in [-0.15, -0.1) is 0 Å². The molecule has 0 aliphatic heterocycles. The second kappa shape index (κ2) is 5.19. The maximum atomic E-state index is 14.2. The lowest BCUT2D eigenvalue weighted by Crippen LogP contribution is -2.36. The van der Waals surface area contributed by atoms with Crippen LogP contribution in [-0.2, 0) is 5.41 Å². The Labute approximate surface area is 130 Å². The minimum Gasteiger partial charge on any atom is -0.338 e. The van der Waals surface area contributed by atoms with Crippen LogP contribution in [0, 0.1) is 11.6 Å². The molecule has 0 N–H and O–H groups in total. The molecular formula is C16H12F2N4O. The highest BCUT2D eigenvalue weighted by molar-refractivity contribution is 5.47. The van der Waals surface area contributed by atoms with Gasteiger partial charge < -0.3 is 4.52 Å². The molecule has 0 bridgehead atoms. The molecule has 0 amide bonds. The lowest BCUT2D eigenvalue weighted by molar-refractivity contribution is 0.211. The highest BCUT2D eigenvalue weighted by Gasteiger charge is 2.47. The van der Waals surface area contributed by atoms with Gasteiger partial charge in [-0.2, -0.15) is 4.98 Å². The SMILES string of the molecule is Fc1ccc(C2(c3nc(-c4cnccn4)no3)CCC2)c(F)c1. The third kappa shape index (κ3) is 2.19. The molecule has 1 aliphatic carbocycles. The Kier molecular flexibility index (Phi) is 3.14. The predicted molar refractivity (Wildman–Crippen MR) is 76.3 cm³/mol. The van der Waals surface area contributed by atoms with Crippen molar-refractivity contribution in [1.82, 2.24) is 20.1 Å². The van der Waals surface area contributed by atoms with E-state index in [0.29, 0.717) is 35.8 Å². The molecule has 1 aromatic carbocycles. The van der Waals surface area contributed by atoms with Gasteiger partial charge in [0.2, 0.25) is 11.7 Å². The van der Waals surface area contributed by atoms with Gasteiger partial charge in [0.05, 0.1) is 11.6 Å². The monoisotopic (exact) mass is 314 g/mol. The van der Waals surface area contributed by atoms with E-state index in [2.05, 4.69) is 20.1 Å². The predicted octanol–water partition coefficient (Wildman–Crippen LogP) is 3.27. The molecule has 116 valence electrons. The van der Waals surface area contributed by atoms with Crippen LogP contribution in [-0.4, -0.2) is 20.1 Å². The molecule has 3 aromatic rings. The molecule has 0 saturated heterocycles. The molecule has 5 nitrogen and oxygen atoms in total. The maximum absolute atomic E-state index is 14.2. The van der Waals surface area contributed by atoms with Gasteiger partial charge in [0.25, 0.3) is 0 Å². The number of rotatable bonds is 3. The number of benzene rings is 1. The van der Waals surface area contributed by atoms with Crippen LogP contribution in [0.4, 0.5) is 8.78 Å². The third-order valence-electron chi connectivity index (χ3n) is 4.28. The fourth-order valence-electron chi connectivity index (χ4n) is 2.94. The number of nitrogens with zero attached hydrogens (tertiary/aromatic N) is 4. The van der Waals surface area contributed by atoms with E-state index in [-0.39, 0.29) is 0 Å². The zero-order valence-corrected chi connectivity index (χ0v) is 12.0. The number of aromatic nitrogens is 4. The summed E-state index contributed by atoms with van der Waals surface area (Å²) >= 11 is 0. The first-order valence-electron chi connectivity index (χ1n) is 7.25. The van der Waals surface area contributed by atoms with Gasteiger partial charge in [0, 0.05) is 24.0 Å². The highest BCUT2D eigenvalue weighted by atomic mass is 19.1. The van der Waals surface area contributed by atoms with Crippen LogP contribution >= 0.6 is 0 Å². The van der Waals surface area contributed by atoms with Crippen molar-refractivity contribution >= 4 is 0 Å². The average Bonchev–Trinajstić information content (AvgIpc) is 2.99. The van der Waals surface area contributed by atoms with Gasteiger partial charge in [-0.05, 0) is 18.9 Å². The Morgan fingerprint density at radius 2 is 2.00 bits per heavy atom. The van der Waals surface area contributed by atoms with E-state index >= 15 is 0 Å². The molecule has 4 rings (SSSR count). The van der Waals surface area contributed by atoms with Crippen molar-refractivity contribution in [3.8, 4) is 11.5 Å². The van der Waals surface area contributed by atoms with Gasteiger partial charge in [0.1, 0.15) is 17.3 Å². The second-order valence-corrected chi connectivity index (χ2v) is 5.57. The molecule has 7 heteroatoms.